The van der Waals surface area contributed by atoms with Crippen LogP contribution in [0.3, 0.4) is 0 Å². The van der Waals surface area contributed by atoms with E-state index < -0.39 is 0 Å². The number of rotatable bonds is 4. The highest BCUT2D eigenvalue weighted by atomic mass is 32.2. The van der Waals surface area contributed by atoms with Crippen molar-refractivity contribution < 1.29 is 0 Å². The Bertz CT molecular complexity index is 910. The van der Waals surface area contributed by atoms with Crippen LogP contribution in [-0.4, -0.2) is 0 Å². The maximum absolute atomic E-state index is 3.52. The van der Waals surface area contributed by atoms with Gasteiger partial charge in [0, 0.05) is 20.2 Å². The minimum atomic E-state index is 1.19. The Balaban J connectivity index is 1.84. The fourth-order valence-corrected chi connectivity index (χ4v) is 4.72. The Morgan fingerprint density at radius 2 is 1.17 bits per heavy atom. The zero-order valence-electron chi connectivity index (χ0n) is 13.0. The molecule has 1 heterocycles. The third kappa shape index (κ3) is 3.16. The summed E-state index contributed by atoms with van der Waals surface area (Å²) in [4.78, 5) is 3.71. The largest absolute Gasteiger partial charge is 0.132 e. The van der Waals surface area contributed by atoms with Gasteiger partial charge in [-0.3, -0.25) is 0 Å². The molecule has 0 saturated carbocycles. The molecular weight excluding hydrogens is 328 g/mol. The predicted molar refractivity (Wildman–Crippen MR) is 105 cm³/mol. The van der Waals surface area contributed by atoms with Gasteiger partial charge in [-0.05, 0) is 23.3 Å². The highest BCUT2D eigenvalue weighted by Gasteiger charge is 2.16. The van der Waals surface area contributed by atoms with Crippen LogP contribution >= 0.6 is 23.1 Å². The minimum Gasteiger partial charge on any atom is -0.132 e. The van der Waals surface area contributed by atoms with E-state index in [2.05, 4.69) is 96.4 Å². The standard InChI is InChI=1S/C22H15S2/c1-4-10-17(11-5-1)21-20(24-19-14-8-3-9-15-19)16-23-22(21)18-12-6-2-7-13-18/h1-15H. The molecule has 0 nitrogen and oxygen atoms in total. The molecule has 2 heteroatoms. The van der Waals surface area contributed by atoms with Gasteiger partial charge in [0.25, 0.3) is 0 Å². The highest BCUT2D eigenvalue weighted by molar-refractivity contribution is 7.99. The Labute approximate surface area is 150 Å². The molecule has 0 saturated heterocycles. The average molecular weight is 343 g/mol. The van der Waals surface area contributed by atoms with Gasteiger partial charge in [0.2, 0.25) is 0 Å². The van der Waals surface area contributed by atoms with Gasteiger partial charge in [0.05, 0.1) is 5.38 Å². The molecule has 1 aromatic heterocycles. The average Bonchev–Trinajstić information content (AvgIpc) is 3.07. The van der Waals surface area contributed by atoms with Crippen molar-refractivity contribution in [3.05, 3.63) is 96.4 Å². The van der Waals surface area contributed by atoms with Gasteiger partial charge in [-0.25, -0.2) is 0 Å². The van der Waals surface area contributed by atoms with E-state index in [0.29, 0.717) is 0 Å². The summed E-state index contributed by atoms with van der Waals surface area (Å²) >= 11 is 3.48. The van der Waals surface area contributed by atoms with Gasteiger partial charge in [-0.15, -0.1) is 11.3 Å². The first-order valence-corrected chi connectivity index (χ1v) is 9.43. The van der Waals surface area contributed by atoms with Crippen molar-refractivity contribution in [2.24, 2.45) is 0 Å². The van der Waals surface area contributed by atoms with E-state index in [0.717, 1.165) is 0 Å². The summed E-state index contributed by atoms with van der Waals surface area (Å²) in [5, 5.41) is 3.52. The van der Waals surface area contributed by atoms with E-state index in [4.69, 9.17) is 0 Å². The number of thiophene rings is 1. The summed E-state index contributed by atoms with van der Waals surface area (Å²) in [6, 6.07) is 31.7. The van der Waals surface area contributed by atoms with E-state index in [9.17, 15) is 0 Å². The number of benzene rings is 3. The fraction of sp³-hybridized carbons (Fsp3) is 0. The van der Waals surface area contributed by atoms with Gasteiger partial charge in [0.15, 0.2) is 0 Å². The lowest BCUT2D eigenvalue weighted by Gasteiger charge is -2.08. The Hall–Kier alpha value is -2.29. The second kappa shape index (κ2) is 7.08. The summed E-state index contributed by atoms with van der Waals surface area (Å²) in [6.45, 7) is 0. The SMILES string of the molecule is [c]1sc(-c2ccccc2)c(-c2ccccc2)c1Sc1ccccc1. The normalized spacial score (nSPS) is 10.7. The second-order valence-corrected chi connectivity index (χ2v) is 7.28. The summed E-state index contributed by atoms with van der Waals surface area (Å²) in [5.74, 6) is 0. The highest BCUT2D eigenvalue weighted by Crippen LogP contribution is 2.45. The summed E-state index contributed by atoms with van der Waals surface area (Å²) < 4.78 is 0. The molecule has 0 N–H and O–H groups in total. The molecule has 0 fully saturated rings. The molecule has 1 radical (unpaired) electrons. The maximum atomic E-state index is 3.52. The van der Waals surface area contributed by atoms with Crippen LogP contribution in [0.15, 0.2) is 101 Å². The zero-order chi connectivity index (χ0) is 16.2. The molecular formula is C22H15S2. The summed E-state index contributed by atoms with van der Waals surface area (Å²) in [6.07, 6.45) is 0. The first-order chi connectivity index (χ1) is 11.9. The Morgan fingerprint density at radius 1 is 0.625 bits per heavy atom. The first-order valence-electron chi connectivity index (χ1n) is 7.80. The van der Waals surface area contributed by atoms with Crippen LogP contribution in [0.5, 0.6) is 0 Å². The van der Waals surface area contributed by atoms with Crippen LogP contribution in [0.25, 0.3) is 21.6 Å². The van der Waals surface area contributed by atoms with Crippen molar-refractivity contribution in [1.82, 2.24) is 0 Å². The fourth-order valence-electron chi connectivity index (χ4n) is 2.64. The molecule has 0 aliphatic carbocycles. The molecule has 24 heavy (non-hydrogen) atoms. The molecule has 4 rings (SSSR count). The topological polar surface area (TPSA) is 0 Å². The summed E-state index contributed by atoms with van der Waals surface area (Å²) in [7, 11) is 0. The van der Waals surface area contributed by atoms with Crippen molar-refractivity contribution in [1.29, 1.82) is 0 Å². The lowest BCUT2D eigenvalue weighted by molar-refractivity contribution is 1.43. The summed E-state index contributed by atoms with van der Waals surface area (Å²) in [5.41, 5.74) is 3.77. The Morgan fingerprint density at radius 3 is 1.79 bits per heavy atom. The van der Waals surface area contributed by atoms with Crippen LogP contribution in [0.1, 0.15) is 0 Å². The molecule has 0 spiro atoms. The molecule has 0 atom stereocenters. The van der Waals surface area contributed by atoms with Crippen LogP contribution in [0.4, 0.5) is 0 Å². The van der Waals surface area contributed by atoms with Crippen LogP contribution in [-0.2, 0) is 0 Å². The quantitative estimate of drug-likeness (QED) is 0.383. The van der Waals surface area contributed by atoms with E-state index in [-0.39, 0.29) is 0 Å². The van der Waals surface area contributed by atoms with Gasteiger partial charge >= 0.3 is 0 Å². The molecule has 0 amide bonds. The molecule has 115 valence electrons. The van der Waals surface area contributed by atoms with Crippen molar-refractivity contribution >= 4 is 23.1 Å². The van der Waals surface area contributed by atoms with Crippen molar-refractivity contribution in [2.45, 2.75) is 9.79 Å². The maximum Gasteiger partial charge on any atom is 0.0607 e. The molecule has 0 unspecified atom stereocenters. The van der Waals surface area contributed by atoms with Crippen LogP contribution in [0, 0.1) is 5.38 Å². The van der Waals surface area contributed by atoms with Crippen LogP contribution in [0.2, 0.25) is 0 Å². The minimum absolute atomic E-state index is 1.19. The van der Waals surface area contributed by atoms with Crippen LogP contribution < -0.4 is 0 Å². The molecule has 3 aromatic carbocycles. The van der Waals surface area contributed by atoms with E-state index in [1.165, 1.54) is 31.4 Å². The van der Waals surface area contributed by atoms with Gasteiger partial charge in [0.1, 0.15) is 0 Å². The van der Waals surface area contributed by atoms with Gasteiger partial charge in [-0.2, -0.15) is 0 Å². The lowest BCUT2D eigenvalue weighted by atomic mass is 10.0. The first kappa shape index (κ1) is 15.3. The van der Waals surface area contributed by atoms with Crippen molar-refractivity contribution in [3.63, 3.8) is 0 Å². The second-order valence-electron chi connectivity index (χ2n) is 5.38. The van der Waals surface area contributed by atoms with E-state index in [1.807, 2.05) is 0 Å². The molecule has 0 aliphatic rings. The molecule has 4 aromatic rings. The van der Waals surface area contributed by atoms with Gasteiger partial charge in [-0.1, -0.05) is 90.6 Å². The molecule has 0 bridgehead atoms. The smallest absolute Gasteiger partial charge is 0.0607 e. The van der Waals surface area contributed by atoms with Crippen molar-refractivity contribution in [2.75, 3.05) is 0 Å². The zero-order valence-corrected chi connectivity index (χ0v) is 14.6. The predicted octanol–water partition coefficient (Wildman–Crippen LogP) is 7.03. The van der Waals surface area contributed by atoms with E-state index in [1.54, 1.807) is 23.1 Å². The lowest BCUT2D eigenvalue weighted by Crippen LogP contribution is -1.82. The monoisotopic (exact) mass is 343 g/mol. The third-order valence-corrected chi connectivity index (χ3v) is 5.86. The number of hydrogen-bond donors (Lipinski definition) is 0. The van der Waals surface area contributed by atoms with Gasteiger partial charge < -0.3 is 0 Å². The number of hydrogen-bond acceptors (Lipinski definition) is 2. The Kier molecular flexibility index (Phi) is 4.50. The van der Waals surface area contributed by atoms with Crippen molar-refractivity contribution in [3.8, 4) is 21.6 Å². The molecule has 0 aliphatic heterocycles. The van der Waals surface area contributed by atoms with E-state index >= 15 is 0 Å². The third-order valence-electron chi connectivity index (χ3n) is 3.76.